The Morgan fingerprint density at radius 3 is 2.27 bits per heavy atom. The average molecular weight is 395 g/mol. The second kappa shape index (κ2) is 6.54. The van der Waals surface area contributed by atoms with Gasteiger partial charge in [-0.05, 0) is 56.1 Å². The topological polar surface area (TPSA) is 66.5 Å². The summed E-state index contributed by atoms with van der Waals surface area (Å²) < 4.78 is 0. The first kappa shape index (κ1) is 17.8. The summed E-state index contributed by atoms with van der Waals surface area (Å²) in [5.74, 6) is 0.663. The van der Waals surface area contributed by atoms with Gasteiger partial charge in [0.05, 0.1) is 21.2 Å². The van der Waals surface area contributed by atoms with Crippen molar-refractivity contribution in [1.82, 2.24) is 10.2 Å². The monoisotopic (exact) mass is 394 g/mol. The third-order valence-electron chi connectivity index (χ3n) is 6.14. The zero-order valence-electron chi connectivity index (χ0n) is 14.4. The van der Waals surface area contributed by atoms with E-state index in [-0.39, 0.29) is 39.7 Å². The van der Waals surface area contributed by atoms with Gasteiger partial charge in [0.1, 0.15) is 6.54 Å². The van der Waals surface area contributed by atoms with E-state index in [1.807, 2.05) is 6.92 Å². The molecule has 0 saturated heterocycles. The number of nitrogens with zero attached hydrogens (tertiary/aromatic N) is 1. The summed E-state index contributed by atoms with van der Waals surface area (Å²) in [7, 11) is 0. The molecular weight excluding hydrogens is 375 g/mol. The van der Waals surface area contributed by atoms with Crippen molar-refractivity contribution in [3.8, 4) is 0 Å². The van der Waals surface area contributed by atoms with Crippen LogP contribution in [0.4, 0.5) is 0 Å². The van der Waals surface area contributed by atoms with Gasteiger partial charge < -0.3 is 5.32 Å². The van der Waals surface area contributed by atoms with E-state index < -0.39 is 11.8 Å². The molecule has 2 saturated carbocycles. The molecule has 1 heterocycles. The number of rotatable bonds is 4. The number of benzene rings is 1. The van der Waals surface area contributed by atoms with Crippen LogP contribution in [0.15, 0.2) is 12.1 Å². The van der Waals surface area contributed by atoms with E-state index in [1.54, 1.807) is 0 Å². The van der Waals surface area contributed by atoms with Crippen LogP contribution in [0, 0.1) is 17.8 Å². The Labute approximate surface area is 162 Å². The lowest BCUT2D eigenvalue weighted by Gasteiger charge is -2.29. The first-order chi connectivity index (χ1) is 12.3. The van der Waals surface area contributed by atoms with Crippen LogP contribution < -0.4 is 5.32 Å². The minimum Gasteiger partial charge on any atom is -0.352 e. The molecule has 1 aromatic carbocycles. The first-order valence-electron chi connectivity index (χ1n) is 8.99. The maximum absolute atomic E-state index is 12.5. The molecule has 5 nitrogen and oxygen atoms in total. The Kier molecular flexibility index (Phi) is 4.48. The second-order valence-electron chi connectivity index (χ2n) is 7.70. The zero-order chi connectivity index (χ0) is 18.6. The standard InChI is InChI=1S/C19H20Cl2N2O3/c1-9(12-5-10-2-3-11(12)4-10)22-17(24)8-23-18(25)13-6-15(20)16(21)7-14(13)19(23)26/h6-7,9-12H,2-5,8H2,1H3,(H,22,24). The highest BCUT2D eigenvalue weighted by atomic mass is 35.5. The van der Waals surface area contributed by atoms with E-state index >= 15 is 0 Å². The number of hydrogen-bond donors (Lipinski definition) is 1. The SMILES string of the molecule is CC(NC(=O)CN1C(=O)c2cc(Cl)c(Cl)cc2C1=O)C1CC2CCC1C2. The van der Waals surface area contributed by atoms with Gasteiger partial charge in [0, 0.05) is 6.04 Å². The summed E-state index contributed by atoms with van der Waals surface area (Å²) in [5, 5.41) is 3.41. The van der Waals surface area contributed by atoms with E-state index in [0.717, 1.165) is 17.2 Å². The number of carbonyl (C=O) groups excluding carboxylic acids is 3. The highest BCUT2D eigenvalue weighted by Gasteiger charge is 2.43. The number of imide groups is 1. The molecule has 4 atom stereocenters. The fourth-order valence-electron chi connectivity index (χ4n) is 4.88. The van der Waals surface area contributed by atoms with Gasteiger partial charge in [0.15, 0.2) is 0 Å². The first-order valence-corrected chi connectivity index (χ1v) is 9.75. The number of hydrogen-bond acceptors (Lipinski definition) is 3. The van der Waals surface area contributed by atoms with Crippen molar-refractivity contribution in [2.75, 3.05) is 6.54 Å². The number of halogens is 2. The van der Waals surface area contributed by atoms with E-state index in [4.69, 9.17) is 23.2 Å². The van der Waals surface area contributed by atoms with Crippen molar-refractivity contribution in [2.45, 2.75) is 38.6 Å². The molecule has 2 bridgehead atoms. The third-order valence-corrected chi connectivity index (χ3v) is 6.86. The molecule has 4 rings (SSSR count). The summed E-state index contributed by atoms with van der Waals surface area (Å²) in [4.78, 5) is 38.3. The molecule has 26 heavy (non-hydrogen) atoms. The Morgan fingerprint density at radius 2 is 1.77 bits per heavy atom. The molecular formula is C19H20Cl2N2O3. The van der Waals surface area contributed by atoms with Crippen LogP contribution in [-0.4, -0.2) is 35.2 Å². The Hall–Kier alpha value is -1.59. The third kappa shape index (κ3) is 2.91. The van der Waals surface area contributed by atoms with Crippen LogP contribution in [0.25, 0.3) is 0 Å². The largest absolute Gasteiger partial charge is 0.352 e. The van der Waals surface area contributed by atoms with Crippen LogP contribution in [0.2, 0.25) is 10.0 Å². The molecule has 7 heteroatoms. The van der Waals surface area contributed by atoms with Crippen LogP contribution >= 0.6 is 23.2 Å². The van der Waals surface area contributed by atoms with Gasteiger partial charge >= 0.3 is 0 Å². The molecule has 2 fully saturated rings. The summed E-state index contributed by atoms with van der Waals surface area (Å²) in [6, 6.07) is 2.82. The highest BCUT2D eigenvalue weighted by molar-refractivity contribution is 6.43. The fraction of sp³-hybridized carbons (Fsp3) is 0.526. The molecule has 2 aliphatic carbocycles. The summed E-state index contributed by atoms with van der Waals surface area (Å²) in [6.07, 6.45) is 4.98. The van der Waals surface area contributed by atoms with Gasteiger partial charge in [-0.25, -0.2) is 0 Å². The van der Waals surface area contributed by atoms with E-state index in [2.05, 4.69) is 5.32 Å². The Balaban J connectivity index is 1.42. The van der Waals surface area contributed by atoms with Crippen molar-refractivity contribution in [2.24, 2.45) is 17.8 Å². The quantitative estimate of drug-likeness (QED) is 0.794. The van der Waals surface area contributed by atoms with Crippen molar-refractivity contribution >= 4 is 40.9 Å². The van der Waals surface area contributed by atoms with Gasteiger partial charge in [-0.2, -0.15) is 0 Å². The highest BCUT2D eigenvalue weighted by Crippen LogP contribution is 2.49. The smallest absolute Gasteiger partial charge is 0.262 e. The van der Waals surface area contributed by atoms with Crippen molar-refractivity contribution in [3.63, 3.8) is 0 Å². The average Bonchev–Trinajstić information content (AvgIpc) is 3.28. The lowest BCUT2D eigenvalue weighted by molar-refractivity contribution is -0.122. The van der Waals surface area contributed by atoms with Crippen LogP contribution in [0.5, 0.6) is 0 Å². The van der Waals surface area contributed by atoms with Crippen molar-refractivity contribution in [3.05, 3.63) is 33.3 Å². The van der Waals surface area contributed by atoms with Gasteiger partial charge in [-0.15, -0.1) is 0 Å². The molecule has 1 aromatic rings. The molecule has 4 unspecified atom stereocenters. The number of fused-ring (bicyclic) bond motifs is 3. The normalized spacial score (nSPS) is 27.8. The lowest BCUT2D eigenvalue weighted by Crippen LogP contribution is -2.46. The second-order valence-corrected chi connectivity index (χ2v) is 8.52. The fourth-order valence-corrected chi connectivity index (χ4v) is 5.21. The summed E-state index contributed by atoms with van der Waals surface area (Å²) in [6.45, 7) is 1.73. The van der Waals surface area contributed by atoms with E-state index in [0.29, 0.717) is 11.8 Å². The molecule has 3 aliphatic rings. The minimum atomic E-state index is -0.508. The molecule has 0 spiro atoms. The molecule has 1 aliphatic heterocycles. The maximum atomic E-state index is 12.5. The van der Waals surface area contributed by atoms with Crippen molar-refractivity contribution in [1.29, 1.82) is 0 Å². The van der Waals surface area contributed by atoms with Crippen LogP contribution in [-0.2, 0) is 4.79 Å². The Bertz CT molecular complexity index is 769. The summed E-state index contributed by atoms with van der Waals surface area (Å²) >= 11 is 11.9. The molecule has 1 N–H and O–H groups in total. The number of carbonyl (C=O) groups is 3. The predicted molar refractivity (Wildman–Crippen MR) is 98.4 cm³/mol. The number of amides is 3. The predicted octanol–water partition coefficient (Wildman–Crippen LogP) is 3.53. The van der Waals surface area contributed by atoms with Gasteiger partial charge in [-0.1, -0.05) is 29.6 Å². The molecule has 0 radical (unpaired) electrons. The van der Waals surface area contributed by atoms with E-state index in [9.17, 15) is 14.4 Å². The van der Waals surface area contributed by atoms with Crippen LogP contribution in [0.3, 0.4) is 0 Å². The maximum Gasteiger partial charge on any atom is 0.262 e. The molecule has 0 aromatic heterocycles. The number of nitrogens with one attached hydrogen (secondary N) is 1. The molecule has 138 valence electrons. The van der Waals surface area contributed by atoms with E-state index in [1.165, 1.54) is 31.4 Å². The Morgan fingerprint density at radius 1 is 1.15 bits per heavy atom. The lowest BCUT2D eigenvalue weighted by atomic mass is 9.84. The van der Waals surface area contributed by atoms with Gasteiger partial charge in [0.25, 0.3) is 11.8 Å². The zero-order valence-corrected chi connectivity index (χ0v) is 15.9. The van der Waals surface area contributed by atoms with Crippen molar-refractivity contribution < 1.29 is 14.4 Å². The minimum absolute atomic E-state index is 0.0527. The van der Waals surface area contributed by atoms with Gasteiger partial charge in [-0.3, -0.25) is 19.3 Å². The van der Waals surface area contributed by atoms with Gasteiger partial charge in [0.2, 0.25) is 5.91 Å². The summed E-state index contributed by atoms with van der Waals surface area (Å²) in [5.41, 5.74) is 0.386. The molecule has 3 amide bonds. The van der Waals surface area contributed by atoms with Crippen LogP contribution in [0.1, 0.15) is 53.3 Å².